The topological polar surface area (TPSA) is 73.1 Å². The summed E-state index contributed by atoms with van der Waals surface area (Å²) in [5.74, 6) is -0.901. The molecule has 0 aliphatic carbocycles. The first-order valence-electron chi connectivity index (χ1n) is 5.24. The van der Waals surface area contributed by atoms with Crippen LogP contribution >= 0.6 is 11.3 Å². The average Bonchev–Trinajstić information content (AvgIpc) is 2.85. The number of carboxylic acid groups (broad SMARTS) is 1. The molecule has 5 heteroatoms. The summed E-state index contributed by atoms with van der Waals surface area (Å²) in [5, 5.41) is 22.5. The molecule has 18 heavy (non-hydrogen) atoms. The number of rotatable bonds is 4. The lowest BCUT2D eigenvalue weighted by atomic mass is 10.2. The number of hydrogen-bond donors (Lipinski definition) is 2. The first-order valence-corrected chi connectivity index (χ1v) is 6.12. The van der Waals surface area contributed by atoms with E-state index in [0.29, 0.717) is 17.0 Å². The predicted molar refractivity (Wildman–Crippen MR) is 69.8 cm³/mol. The molecular formula is C13H10N2O2S. The monoisotopic (exact) mass is 258 g/mol. The van der Waals surface area contributed by atoms with Crippen LogP contribution in [0.25, 0.3) is 0 Å². The lowest BCUT2D eigenvalue weighted by Gasteiger charge is -2.05. The summed E-state index contributed by atoms with van der Waals surface area (Å²) in [7, 11) is 0. The first-order chi connectivity index (χ1) is 8.70. The van der Waals surface area contributed by atoms with Gasteiger partial charge in [0.25, 0.3) is 0 Å². The zero-order valence-corrected chi connectivity index (χ0v) is 10.2. The SMILES string of the molecule is N#Cc1ccc(NCc2ccsc2C(=O)O)cc1. The Balaban J connectivity index is 2.05. The van der Waals surface area contributed by atoms with E-state index in [9.17, 15) is 4.79 Å². The van der Waals surface area contributed by atoms with E-state index in [1.54, 1.807) is 35.7 Å². The van der Waals surface area contributed by atoms with Gasteiger partial charge in [-0.2, -0.15) is 5.26 Å². The second kappa shape index (κ2) is 5.34. The van der Waals surface area contributed by atoms with Crippen LogP contribution in [0.2, 0.25) is 0 Å². The van der Waals surface area contributed by atoms with Gasteiger partial charge in [0.05, 0.1) is 11.6 Å². The summed E-state index contributed by atoms with van der Waals surface area (Å²) in [5.41, 5.74) is 2.22. The number of anilines is 1. The molecule has 0 aliphatic heterocycles. The molecule has 0 radical (unpaired) electrons. The molecule has 0 saturated carbocycles. The quantitative estimate of drug-likeness (QED) is 0.884. The molecule has 2 aromatic rings. The molecule has 0 aliphatic rings. The Bertz CT molecular complexity index is 596. The van der Waals surface area contributed by atoms with Gasteiger partial charge in [0, 0.05) is 12.2 Å². The molecule has 90 valence electrons. The largest absolute Gasteiger partial charge is 0.477 e. The fourth-order valence-corrected chi connectivity index (χ4v) is 2.28. The minimum absolute atomic E-state index is 0.358. The Hall–Kier alpha value is -2.32. The van der Waals surface area contributed by atoms with Crippen molar-refractivity contribution in [1.82, 2.24) is 0 Å². The van der Waals surface area contributed by atoms with Crippen LogP contribution in [0.1, 0.15) is 20.8 Å². The maximum absolute atomic E-state index is 10.9. The van der Waals surface area contributed by atoms with E-state index in [4.69, 9.17) is 10.4 Å². The van der Waals surface area contributed by atoms with Crippen molar-refractivity contribution in [3.8, 4) is 6.07 Å². The van der Waals surface area contributed by atoms with Gasteiger partial charge in [-0.25, -0.2) is 4.79 Å². The summed E-state index contributed by atoms with van der Waals surface area (Å²) in [6, 6.07) is 10.9. The van der Waals surface area contributed by atoms with Crippen LogP contribution < -0.4 is 5.32 Å². The fraction of sp³-hybridized carbons (Fsp3) is 0.0769. The number of aromatic carboxylic acids is 1. The van der Waals surface area contributed by atoms with Crippen molar-refractivity contribution in [3.05, 3.63) is 51.7 Å². The van der Waals surface area contributed by atoms with Crippen LogP contribution in [0.15, 0.2) is 35.7 Å². The molecule has 0 fully saturated rings. The Morgan fingerprint density at radius 1 is 1.33 bits per heavy atom. The number of carboxylic acids is 1. The maximum atomic E-state index is 10.9. The Morgan fingerprint density at radius 2 is 2.06 bits per heavy atom. The Morgan fingerprint density at radius 3 is 2.67 bits per heavy atom. The third kappa shape index (κ3) is 2.67. The molecule has 0 amide bonds. The van der Waals surface area contributed by atoms with Crippen molar-refractivity contribution in [1.29, 1.82) is 5.26 Å². The number of nitrogens with zero attached hydrogens (tertiary/aromatic N) is 1. The highest BCUT2D eigenvalue weighted by molar-refractivity contribution is 7.12. The molecule has 0 spiro atoms. The van der Waals surface area contributed by atoms with E-state index < -0.39 is 5.97 Å². The molecule has 2 N–H and O–H groups in total. The predicted octanol–water partition coefficient (Wildman–Crippen LogP) is 2.93. The van der Waals surface area contributed by atoms with Gasteiger partial charge in [-0.15, -0.1) is 11.3 Å². The van der Waals surface area contributed by atoms with E-state index in [2.05, 4.69) is 5.32 Å². The zero-order chi connectivity index (χ0) is 13.0. The number of nitrogens with one attached hydrogen (secondary N) is 1. The van der Waals surface area contributed by atoms with Crippen LogP contribution in [0.4, 0.5) is 5.69 Å². The van der Waals surface area contributed by atoms with Crippen molar-refractivity contribution in [2.75, 3.05) is 5.32 Å². The third-order valence-electron chi connectivity index (χ3n) is 2.44. The molecule has 1 aromatic carbocycles. The summed E-state index contributed by atoms with van der Waals surface area (Å²) < 4.78 is 0. The summed E-state index contributed by atoms with van der Waals surface area (Å²) in [6.07, 6.45) is 0. The second-order valence-corrected chi connectivity index (χ2v) is 4.54. The molecule has 2 rings (SSSR count). The lowest BCUT2D eigenvalue weighted by molar-refractivity contribution is 0.0701. The highest BCUT2D eigenvalue weighted by Gasteiger charge is 2.10. The van der Waals surface area contributed by atoms with Crippen LogP contribution in [-0.2, 0) is 6.54 Å². The van der Waals surface area contributed by atoms with E-state index >= 15 is 0 Å². The number of carbonyl (C=O) groups is 1. The normalized spacial score (nSPS) is 9.72. The van der Waals surface area contributed by atoms with Gasteiger partial charge in [-0.05, 0) is 41.3 Å². The minimum Gasteiger partial charge on any atom is -0.477 e. The van der Waals surface area contributed by atoms with E-state index in [1.165, 1.54) is 11.3 Å². The van der Waals surface area contributed by atoms with Crippen LogP contribution in [0.3, 0.4) is 0 Å². The van der Waals surface area contributed by atoms with Gasteiger partial charge in [0.1, 0.15) is 4.88 Å². The van der Waals surface area contributed by atoms with E-state index in [1.807, 2.05) is 6.07 Å². The molecule has 1 heterocycles. The van der Waals surface area contributed by atoms with Crippen molar-refractivity contribution < 1.29 is 9.90 Å². The Labute approximate surface area is 108 Å². The summed E-state index contributed by atoms with van der Waals surface area (Å²) in [4.78, 5) is 11.3. The number of hydrogen-bond acceptors (Lipinski definition) is 4. The maximum Gasteiger partial charge on any atom is 0.346 e. The zero-order valence-electron chi connectivity index (χ0n) is 9.38. The van der Waals surface area contributed by atoms with Gasteiger partial charge >= 0.3 is 5.97 Å². The van der Waals surface area contributed by atoms with Gasteiger partial charge in [0.15, 0.2) is 0 Å². The van der Waals surface area contributed by atoms with Crippen LogP contribution in [0, 0.1) is 11.3 Å². The highest BCUT2D eigenvalue weighted by Crippen LogP contribution is 2.18. The molecule has 0 saturated heterocycles. The number of nitriles is 1. The molecule has 0 unspecified atom stereocenters. The molecule has 4 nitrogen and oxygen atoms in total. The van der Waals surface area contributed by atoms with Crippen molar-refractivity contribution >= 4 is 23.0 Å². The van der Waals surface area contributed by atoms with Crippen molar-refractivity contribution in [2.24, 2.45) is 0 Å². The van der Waals surface area contributed by atoms with E-state index in [0.717, 1.165) is 11.3 Å². The van der Waals surface area contributed by atoms with Gasteiger partial charge in [0.2, 0.25) is 0 Å². The summed E-state index contributed by atoms with van der Waals surface area (Å²) >= 11 is 1.22. The Kier molecular flexibility index (Phi) is 3.60. The fourth-order valence-electron chi connectivity index (χ4n) is 1.52. The average molecular weight is 258 g/mol. The lowest BCUT2D eigenvalue weighted by Crippen LogP contribution is -2.03. The molecule has 1 aromatic heterocycles. The van der Waals surface area contributed by atoms with Gasteiger partial charge in [-0.3, -0.25) is 0 Å². The second-order valence-electron chi connectivity index (χ2n) is 3.62. The third-order valence-corrected chi connectivity index (χ3v) is 3.38. The smallest absolute Gasteiger partial charge is 0.346 e. The van der Waals surface area contributed by atoms with Crippen LogP contribution in [-0.4, -0.2) is 11.1 Å². The van der Waals surface area contributed by atoms with Crippen molar-refractivity contribution in [3.63, 3.8) is 0 Å². The summed E-state index contributed by atoms with van der Waals surface area (Å²) in [6.45, 7) is 0.455. The molecular weight excluding hydrogens is 248 g/mol. The van der Waals surface area contributed by atoms with Gasteiger partial charge < -0.3 is 10.4 Å². The first kappa shape index (κ1) is 12.1. The van der Waals surface area contributed by atoms with Crippen molar-refractivity contribution in [2.45, 2.75) is 6.54 Å². The number of benzene rings is 1. The highest BCUT2D eigenvalue weighted by atomic mass is 32.1. The van der Waals surface area contributed by atoms with Crippen LogP contribution in [0.5, 0.6) is 0 Å². The molecule has 0 bridgehead atoms. The van der Waals surface area contributed by atoms with Gasteiger partial charge in [-0.1, -0.05) is 0 Å². The standard InChI is InChI=1S/C13H10N2O2S/c14-7-9-1-3-11(4-2-9)15-8-10-5-6-18-12(10)13(16)17/h1-6,15H,8H2,(H,16,17). The minimum atomic E-state index is -0.901. The molecule has 0 atom stereocenters. The van der Waals surface area contributed by atoms with E-state index in [-0.39, 0.29) is 0 Å². The number of thiophene rings is 1.